The van der Waals surface area contributed by atoms with Crippen molar-refractivity contribution < 1.29 is 37.3 Å². The zero-order chi connectivity index (χ0) is 43.4. The van der Waals surface area contributed by atoms with Gasteiger partial charge in [0.1, 0.15) is 19.3 Å². The predicted molar refractivity (Wildman–Crippen MR) is 252 cm³/mol. The quantitative estimate of drug-likeness (QED) is 0.0215. The number of rotatable bonds is 44. The van der Waals surface area contributed by atoms with E-state index in [0.29, 0.717) is 30.5 Å². The van der Waals surface area contributed by atoms with Gasteiger partial charge in [0, 0.05) is 6.42 Å². The first kappa shape index (κ1) is 57.2. The van der Waals surface area contributed by atoms with Crippen LogP contribution < -0.4 is 0 Å². The molecule has 0 aliphatic heterocycles. The van der Waals surface area contributed by atoms with Crippen molar-refractivity contribution in [3.63, 3.8) is 0 Å². The summed E-state index contributed by atoms with van der Waals surface area (Å²) >= 11 is 0. The van der Waals surface area contributed by atoms with E-state index < -0.39 is 13.9 Å². The number of unbranched alkanes of at least 4 members (excludes halogenated alkanes) is 20. The molecule has 2 unspecified atom stereocenters. The van der Waals surface area contributed by atoms with Crippen LogP contribution in [0, 0.1) is 0 Å². The second kappa shape index (κ2) is 42.9. The molecule has 0 radical (unpaired) electrons. The van der Waals surface area contributed by atoms with Gasteiger partial charge in [0.15, 0.2) is 0 Å². The van der Waals surface area contributed by atoms with E-state index in [9.17, 15) is 14.3 Å². The van der Waals surface area contributed by atoms with E-state index in [2.05, 4.69) is 74.6 Å². The standard InChI is InChI=1S/C50H92NO7P/c1-6-8-10-12-14-16-18-20-22-24-25-26-27-28-29-31-33-35-37-39-41-43-50(52)58-49(48-57-59(53,54)56-46-44-51(3,4)5)47-55-45-42-40-38-36-34-32-30-23-21-19-17-15-13-11-9-7-2/h9,11,15,17,21,23,32,34,38,40,49H,6-8,10,12-14,16,18-20,22,24-31,33,35-37,39,41-48H2,1-5H3/p+1/b11-9-,17-15-,23-21-,34-32-,40-38-. The summed E-state index contributed by atoms with van der Waals surface area (Å²) < 4.78 is 34.9. The number of carbonyl (C=O) groups is 1. The highest BCUT2D eigenvalue weighted by Crippen LogP contribution is 2.43. The zero-order valence-electron chi connectivity index (χ0n) is 39.0. The number of nitrogens with zero attached hydrogens (tertiary/aromatic N) is 1. The molecule has 344 valence electrons. The summed E-state index contributed by atoms with van der Waals surface area (Å²) in [5.41, 5.74) is 0. The molecule has 0 spiro atoms. The molecule has 9 heteroatoms. The lowest BCUT2D eigenvalue weighted by Gasteiger charge is -2.24. The Bertz CT molecular complexity index is 1130. The van der Waals surface area contributed by atoms with Crippen LogP contribution in [-0.2, 0) is 27.9 Å². The Morgan fingerprint density at radius 2 is 0.949 bits per heavy atom. The number of hydrogen-bond acceptors (Lipinski definition) is 6. The Balaban J connectivity index is 4.24. The number of ether oxygens (including phenoxy) is 2. The third-order valence-electron chi connectivity index (χ3n) is 10.1. The van der Waals surface area contributed by atoms with Gasteiger partial charge in [-0.1, -0.05) is 203 Å². The van der Waals surface area contributed by atoms with Crippen molar-refractivity contribution >= 4 is 13.8 Å². The predicted octanol–water partition coefficient (Wildman–Crippen LogP) is 14.5. The van der Waals surface area contributed by atoms with E-state index in [1.54, 1.807) is 0 Å². The number of hydrogen-bond donors (Lipinski definition) is 1. The van der Waals surface area contributed by atoms with Crippen LogP contribution in [0.5, 0.6) is 0 Å². The molecule has 59 heavy (non-hydrogen) atoms. The lowest BCUT2D eigenvalue weighted by Crippen LogP contribution is -2.37. The molecule has 0 aromatic carbocycles. The largest absolute Gasteiger partial charge is 0.472 e. The van der Waals surface area contributed by atoms with E-state index in [-0.39, 0.29) is 25.8 Å². The van der Waals surface area contributed by atoms with E-state index in [4.69, 9.17) is 18.5 Å². The number of phosphoric ester groups is 1. The molecule has 0 heterocycles. The maximum absolute atomic E-state index is 12.7. The van der Waals surface area contributed by atoms with Gasteiger partial charge in [-0.3, -0.25) is 13.8 Å². The lowest BCUT2D eigenvalue weighted by atomic mass is 10.0. The molecule has 0 saturated carbocycles. The Morgan fingerprint density at radius 1 is 0.542 bits per heavy atom. The van der Waals surface area contributed by atoms with Crippen molar-refractivity contribution in [3.8, 4) is 0 Å². The Hall–Kier alpha value is -1.80. The van der Waals surface area contributed by atoms with Crippen LogP contribution in [0.3, 0.4) is 0 Å². The number of esters is 1. The van der Waals surface area contributed by atoms with Crippen LogP contribution >= 0.6 is 7.82 Å². The fraction of sp³-hybridized carbons (Fsp3) is 0.780. The first-order chi connectivity index (χ1) is 28.6. The van der Waals surface area contributed by atoms with Crippen LogP contribution in [0.4, 0.5) is 0 Å². The number of phosphoric acid groups is 1. The van der Waals surface area contributed by atoms with Gasteiger partial charge in [-0.2, -0.15) is 0 Å². The topological polar surface area (TPSA) is 91.3 Å². The monoisotopic (exact) mass is 851 g/mol. The van der Waals surface area contributed by atoms with E-state index in [1.807, 2.05) is 21.1 Å². The normalized spacial score (nSPS) is 14.2. The van der Waals surface area contributed by atoms with Crippen LogP contribution in [0.2, 0.25) is 0 Å². The van der Waals surface area contributed by atoms with Gasteiger partial charge in [0.2, 0.25) is 0 Å². The van der Waals surface area contributed by atoms with Gasteiger partial charge < -0.3 is 18.9 Å². The maximum atomic E-state index is 12.7. The summed E-state index contributed by atoms with van der Waals surface area (Å²) in [6.07, 6.45) is 54.3. The van der Waals surface area contributed by atoms with E-state index in [0.717, 1.165) is 51.4 Å². The second-order valence-corrected chi connectivity index (χ2v) is 18.6. The molecule has 1 N–H and O–H groups in total. The Labute approximate surface area is 364 Å². The molecule has 0 bridgehead atoms. The van der Waals surface area contributed by atoms with Crippen LogP contribution in [0.25, 0.3) is 0 Å². The highest BCUT2D eigenvalue weighted by atomic mass is 31.2. The van der Waals surface area contributed by atoms with Gasteiger partial charge in [-0.05, 0) is 44.9 Å². The van der Waals surface area contributed by atoms with Crippen molar-refractivity contribution in [1.82, 2.24) is 0 Å². The molecule has 0 rings (SSSR count). The van der Waals surface area contributed by atoms with Gasteiger partial charge in [-0.15, -0.1) is 0 Å². The summed E-state index contributed by atoms with van der Waals surface area (Å²) in [4.78, 5) is 22.9. The molecule has 0 fully saturated rings. The number of quaternary nitrogens is 1. The lowest BCUT2D eigenvalue weighted by molar-refractivity contribution is -0.870. The van der Waals surface area contributed by atoms with Gasteiger partial charge in [0.05, 0.1) is 41.0 Å². The molecule has 0 aliphatic carbocycles. The summed E-state index contributed by atoms with van der Waals surface area (Å²) in [7, 11) is 1.62. The van der Waals surface area contributed by atoms with Gasteiger partial charge in [-0.25, -0.2) is 4.57 Å². The Kier molecular flexibility index (Phi) is 41.6. The Morgan fingerprint density at radius 3 is 1.37 bits per heavy atom. The summed E-state index contributed by atoms with van der Waals surface area (Å²) in [6.45, 7) is 5.30. The minimum atomic E-state index is -4.30. The molecule has 2 atom stereocenters. The van der Waals surface area contributed by atoms with Crippen molar-refractivity contribution in [2.45, 2.75) is 200 Å². The SMILES string of the molecule is CC/C=C\C/C=C\C/C=C\C/C=C\C/C=C\CCOCC(COP(=O)(O)OCC[N+](C)(C)C)OC(=O)CCCCCCCCCCCCCCCCCCCCCCC. The summed E-state index contributed by atoms with van der Waals surface area (Å²) in [5, 5.41) is 0. The average Bonchev–Trinajstić information content (AvgIpc) is 3.19. The number of likely N-dealkylation sites (N-methyl/N-ethyl adjacent to an activating group) is 1. The highest BCUT2D eigenvalue weighted by Gasteiger charge is 2.26. The van der Waals surface area contributed by atoms with Gasteiger partial charge >= 0.3 is 13.8 Å². The van der Waals surface area contributed by atoms with Crippen molar-refractivity contribution in [3.05, 3.63) is 60.8 Å². The van der Waals surface area contributed by atoms with Crippen LogP contribution in [0.1, 0.15) is 194 Å². The summed E-state index contributed by atoms with van der Waals surface area (Å²) in [6, 6.07) is 0. The smallest absolute Gasteiger partial charge is 0.457 e. The average molecular weight is 851 g/mol. The molecule has 8 nitrogen and oxygen atoms in total. The zero-order valence-corrected chi connectivity index (χ0v) is 39.9. The minimum Gasteiger partial charge on any atom is -0.457 e. The minimum absolute atomic E-state index is 0.0744. The molecule has 0 aliphatic rings. The van der Waals surface area contributed by atoms with Crippen LogP contribution in [0.15, 0.2) is 60.8 Å². The highest BCUT2D eigenvalue weighted by molar-refractivity contribution is 7.47. The molecular formula is C50H93NO7P+. The van der Waals surface area contributed by atoms with Gasteiger partial charge in [0.25, 0.3) is 0 Å². The van der Waals surface area contributed by atoms with Crippen molar-refractivity contribution in [1.29, 1.82) is 0 Å². The molecule has 0 aromatic rings. The van der Waals surface area contributed by atoms with Crippen molar-refractivity contribution in [2.24, 2.45) is 0 Å². The number of allylic oxidation sites excluding steroid dienone is 9. The summed E-state index contributed by atoms with van der Waals surface area (Å²) in [5.74, 6) is -0.337. The maximum Gasteiger partial charge on any atom is 0.472 e. The van der Waals surface area contributed by atoms with Crippen molar-refractivity contribution in [2.75, 3.05) is 54.1 Å². The molecular weight excluding hydrogens is 758 g/mol. The van der Waals surface area contributed by atoms with E-state index >= 15 is 0 Å². The first-order valence-electron chi connectivity index (χ1n) is 24.0. The second-order valence-electron chi connectivity index (χ2n) is 17.1. The molecule has 0 aromatic heterocycles. The fourth-order valence-corrected chi connectivity index (χ4v) is 7.18. The fourth-order valence-electron chi connectivity index (χ4n) is 6.44. The molecule has 0 amide bonds. The van der Waals surface area contributed by atoms with E-state index in [1.165, 1.54) is 116 Å². The van der Waals surface area contributed by atoms with Crippen LogP contribution in [-0.4, -0.2) is 75.6 Å². The molecule has 0 saturated heterocycles. The third-order valence-corrected chi connectivity index (χ3v) is 11.1. The first-order valence-corrected chi connectivity index (χ1v) is 25.5. The number of carbonyl (C=O) groups excluding carboxylic acids is 1. The third kappa shape index (κ3) is 47.1.